The van der Waals surface area contributed by atoms with E-state index >= 15 is 0 Å². The number of rotatable bonds is 6. The van der Waals surface area contributed by atoms with Crippen LogP contribution in [0.1, 0.15) is 33.5 Å². The molecule has 1 saturated heterocycles. The zero-order chi connectivity index (χ0) is 22.7. The molecule has 0 spiro atoms. The average molecular weight is 479 g/mol. The minimum absolute atomic E-state index is 0.153. The van der Waals surface area contributed by atoms with Crippen molar-refractivity contribution < 1.29 is 27.5 Å². The largest absolute Gasteiger partial charge is 0.451 e. The maximum Gasteiger partial charge on any atom is 0.348 e. The fourth-order valence-corrected chi connectivity index (χ4v) is 6.36. The molecule has 8 nitrogen and oxygen atoms in total. The Bertz CT molecular complexity index is 1090. The number of anilines is 1. The molecule has 0 saturated carbocycles. The molecule has 1 amide bonds. The van der Waals surface area contributed by atoms with Gasteiger partial charge in [0.1, 0.15) is 4.88 Å². The summed E-state index contributed by atoms with van der Waals surface area (Å²) in [6.45, 7) is 3.18. The van der Waals surface area contributed by atoms with Gasteiger partial charge in [0.15, 0.2) is 6.61 Å². The molecule has 32 heavy (non-hydrogen) atoms. The molecule has 2 aliphatic rings. The Kier molecular flexibility index (Phi) is 6.94. The van der Waals surface area contributed by atoms with E-state index < -0.39 is 28.5 Å². The quantitative estimate of drug-likeness (QED) is 0.641. The molecule has 172 valence electrons. The van der Waals surface area contributed by atoms with Crippen molar-refractivity contribution in [1.29, 1.82) is 0 Å². The molecule has 1 aromatic carbocycles. The van der Waals surface area contributed by atoms with Gasteiger partial charge in [-0.3, -0.25) is 4.79 Å². The highest BCUT2D eigenvalue weighted by Crippen LogP contribution is 2.32. The van der Waals surface area contributed by atoms with Crippen molar-refractivity contribution in [1.82, 2.24) is 4.31 Å². The summed E-state index contributed by atoms with van der Waals surface area (Å²) in [5.41, 5.74) is 1.63. The summed E-state index contributed by atoms with van der Waals surface area (Å²) in [6.07, 6.45) is 3.07. The highest BCUT2D eigenvalue weighted by Gasteiger charge is 2.26. The van der Waals surface area contributed by atoms with Crippen molar-refractivity contribution in [2.45, 2.75) is 31.1 Å². The van der Waals surface area contributed by atoms with Gasteiger partial charge in [0, 0.05) is 23.7 Å². The molecule has 0 unspecified atom stereocenters. The van der Waals surface area contributed by atoms with E-state index in [0.29, 0.717) is 42.8 Å². The van der Waals surface area contributed by atoms with Crippen LogP contribution in [0.2, 0.25) is 0 Å². The Labute approximate surface area is 191 Å². The minimum Gasteiger partial charge on any atom is -0.451 e. The number of aryl methyl sites for hydroxylation is 1. The van der Waals surface area contributed by atoms with Gasteiger partial charge < -0.3 is 14.8 Å². The molecule has 0 radical (unpaired) electrons. The lowest BCUT2D eigenvalue weighted by atomic mass is 9.90. The van der Waals surface area contributed by atoms with E-state index in [1.807, 2.05) is 6.07 Å². The van der Waals surface area contributed by atoms with Crippen molar-refractivity contribution in [3.8, 4) is 0 Å². The number of esters is 1. The van der Waals surface area contributed by atoms with Gasteiger partial charge in [-0.05, 0) is 61.1 Å². The van der Waals surface area contributed by atoms with E-state index in [0.717, 1.165) is 19.3 Å². The number of fused-ring (bicyclic) bond motifs is 1. The number of benzene rings is 1. The molecule has 2 heterocycles. The van der Waals surface area contributed by atoms with E-state index in [2.05, 4.69) is 12.2 Å². The van der Waals surface area contributed by atoms with Crippen LogP contribution < -0.4 is 5.32 Å². The Hall–Kier alpha value is -2.27. The zero-order valence-corrected chi connectivity index (χ0v) is 19.5. The highest BCUT2D eigenvalue weighted by molar-refractivity contribution is 7.89. The van der Waals surface area contributed by atoms with E-state index in [4.69, 9.17) is 9.47 Å². The number of hydrogen-bond acceptors (Lipinski definition) is 7. The van der Waals surface area contributed by atoms with Gasteiger partial charge in [0.2, 0.25) is 10.0 Å². The number of nitrogens with zero attached hydrogens (tertiary/aromatic N) is 1. The number of ether oxygens (including phenoxy) is 2. The second-order valence-electron chi connectivity index (χ2n) is 8.07. The molecule has 1 atom stereocenters. The SMILES string of the molecule is C[C@H]1CCc2sc(C(=O)OCC(=O)Nc3ccc(S(=O)(=O)N4CCOCC4)cc3)cc2C1. The normalized spacial score (nSPS) is 19.2. The Morgan fingerprint density at radius 1 is 1.22 bits per heavy atom. The summed E-state index contributed by atoms with van der Waals surface area (Å²) >= 11 is 1.44. The molecular formula is C22H26N2O6S2. The second kappa shape index (κ2) is 9.70. The Morgan fingerprint density at radius 2 is 1.94 bits per heavy atom. The van der Waals surface area contributed by atoms with Gasteiger partial charge in [0.25, 0.3) is 5.91 Å². The number of hydrogen-bond donors (Lipinski definition) is 1. The average Bonchev–Trinajstić information content (AvgIpc) is 3.22. The predicted molar refractivity (Wildman–Crippen MR) is 120 cm³/mol. The van der Waals surface area contributed by atoms with E-state index in [9.17, 15) is 18.0 Å². The smallest absolute Gasteiger partial charge is 0.348 e. The van der Waals surface area contributed by atoms with Gasteiger partial charge in [0.05, 0.1) is 18.1 Å². The number of sulfonamides is 1. The molecule has 4 rings (SSSR count). The van der Waals surface area contributed by atoms with Crippen molar-refractivity contribution in [3.05, 3.63) is 45.6 Å². The van der Waals surface area contributed by atoms with Crippen LogP contribution in [-0.2, 0) is 37.1 Å². The Morgan fingerprint density at radius 3 is 2.66 bits per heavy atom. The van der Waals surface area contributed by atoms with Crippen LogP contribution in [0.25, 0.3) is 0 Å². The molecule has 1 aromatic heterocycles. The summed E-state index contributed by atoms with van der Waals surface area (Å²) in [7, 11) is -3.59. The van der Waals surface area contributed by atoms with Gasteiger partial charge >= 0.3 is 5.97 Å². The van der Waals surface area contributed by atoms with E-state index in [-0.39, 0.29) is 4.90 Å². The number of amides is 1. The van der Waals surface area contributed by atoms with Crippen LogP contribution in [0.5, 0.6) is 0 Å². The number of nitrogens with one attached hydrogen (secondary N) is 1. The third kappa shape index (κ3) is 5.20. The lowest BCUT2D eigenvalue weighted by molar-refractivity contribution is -0.119. The molecule has 1 aliphatic heterocycles. The van der Waals surface area contributed by atoms with Gasteiger partial charge in [-0.25, -0.2) is 13.2 Å². The van der Waals surface area contributed by atoms with Crippen LogP contribution in [0.4, 0.5) is 5.69 Å². The van der Waals surface area contributed by atoms with Crippen molar-refractivity contribution >= 4 is 38.9 Å². The van der Waals surface area contributed by atoms with Crippen LogP contribution in [0.3, 0.4) is 0 Å². The predicted octanol–water partition coefficient (Wildman–Crippen LogP) is 2.69. The monoisotopic (exact) mass is 478 g/mol. The Balaban J connectivity index is 1.30. The van der Waals surface area contributed by atoms with E-state index in [1.54, 1.807) is 0 Å². The fourth-order valence-electron chi connectivity index (χ4n) is 3.85. The third-order valence-electron chi connectivity index (χ3n) is 5.61. The standard InChI is InChI=1S/C22H26N2O6S2/c1-15-2-7-19-16(12-15)13-20(31-19)22(26)30-14-21(25)23-17-3-5-18(6-4-17)32(27,28)24-8-10-29-11-9-24/h3-6,13,15H,2,7-12,14H2,1H3,(H,23,25)/t15-/m0/s1. The topological polar surface area (TPSA) is 102 Å². The molecule has 2 aromatic rings. The summed E-state index contributed by atoms with van der Waals surface area (Å²) < 4.78 is 37.0. The summed E-state index contributed by atoms with van der Waals surface area (Å²) in [5.74, 6) is -0.377. The van der Waals surface area contributed by atoms with Crippen LogP contribution in [0.15, 0.2) is 35.2 Å². The molecule has 1 N–H and O–H groups in total. The second-order valence-corrected chi connectivity index (χ2v) is 11.1. The molecule has 1 aliphatic carbocycles. The van der Waals surface area contributed by atoms with Crippen LogP contribution >= 0.6 is 11.3 Å². The van der Waals surface area contributed by atoms with Gasteiger partial charge in [-0.2, -0.15) is 4.31 Å². The first-order valence-electron chi connectivity index (χ1n) is 10.6. The van der Waals surface area contributed by atoms with Crippen LogP contribution in [-0.4, -0.2) is 57.5 Å². The molecule has 1 fully saturated rings. The summed E-state index contributed by atoms with van der Waals surface area (Å²) in [5, 5.41) is 2.62. The van der Waals surface area contributed by atoms with E-state index in [1.165, 1.54) is 50.3 Å². The lowest BCUT2D eigenvalue weighted by Crippen LogP contribution is -2.40. The fraction of sp³-hybridized carbons (Fsp3) is 0.455. The minimum atomic E-state index is -3.59. The first kappa shape index (κ1) is 22.9. The summed E-state index contributed by atoms with van der Waals surface area (Å²) in [4.78, 5) is 26.4. The summed E-state index contributed by atoms with van der Waals surface area (Å²) in [6, 6.07) is 7.81. The number of thiophene rings is 1. The van der Waals surface area contributed by atoms with Gasteiger partial charge in [-0.15, -0.1) is 11.3 Å². The first-order chi connectivity index (χ1) is 15.3. The first-order valence-corrected chi connectivity index (χ1v) is 12.8. The van der Waals surface area contributed by atoms with Gasteiger partial charge in [-0.1, -0.05) is 6.92 Å². The van der Waals surface area contributed by atoms with Crippen molar-refractivity contribution in [2.24, 2.45) is 5.92 Å². The number of carbonyl (C=O) groups is 2. The maximum absolute atomic E-state index is 12.7. The molecule has 0 bridgehead atoms. The van der Waals surface area contributed by atoms with Crippen LogP contribution in [0, 0.1) is 5.92 Å². The van der Waals surface area contributed by atoms with Crippen molar-refractivity contribution in [3.63, 3.8) is 0 Å². The van der Waals surface area contributed by atoms with Crippen molar-refractivity contribution in [2.75, 3.05) is 38.2 Å². The lowest BCUT2D eigenvalue weighted by Gasteiger charge is -2.26. The maximum atomic E-state index is 12.7. The molecular weight excluding hydrogens is 452 g/mol. The third-order valence-corrected chi connectivity index (χ3v) is 8.74. The number of carbonyl (C=O) groups excluding carboxylic acids is 2. The number of morpholine rings is 1. The molecule has 10 heteroatoms. The zero-order valence-electron chi connectivity index (χ0n) is 17.8. The highest BCUT2D eigenvalue weighted by atomic mass is 32.2.